The van der Waals surface area contributed by atoms with Crippen LogP contribution in [0.4, 0.5) is 17.3 Å². The fourth-order valence-corrected chi connectivity index (χ4v) is 4.78. The minimum absolute atomic E-state index is 0.0351. The highest BCUT2D eigenvalue weighted by atomic mass is 79.9. The number of fused-ring (bicyclic) bond motifs is 1. The van der Waals surface area contributed by atoms with Gasteiger partial charge in [0, 0.05) is 15.8 Å². The highest BCUT2D eigenvalue weighted by Crippen LogP contribution is 2.30. The van der Waals surface area contributed by atoms with Gasteiger partial charge in [0.25, 0.3) is 10.0 Å². The number of nitrogens with one attached hydrogen (secondary N) is 3. The fraction of sp³-hybridized carbons (Fsp3) is 0.105. The van der Waals surface area contributed by atoms with Crippen LogP contribution in [0.3, 0.4) is 0 Å². The number of benzene rings is 2. The van der Waals surface area contributed by atoms with Gasteiger partial charge in [-0.3, -0.25) is 10.1 Å². The van der Waals surface area contributed by atoms with Crippen LogP contribution in [0.1, 0.15) is 5.56 Å². The van der Waals surface area contributed by atoms with Crippen LogP contribution in [0.15, 0.2) is 68.6 Å². The van der Waals surface area contributed by atoms with Crippen molar-refractivity contribution in [2.24, 2.45) is 0 Å². The van der Waals surface area contributed by atoms with Gasteiger partial charge in [-0.2, -0.15) is 0 Å². The average molecular weight is 477 g/mol. The molecule has 0 aliphatic carbocycles. The van der Waals surface area contributed by atoms with Crippen LogP contribution < -0.4 is 19.7 Å². The molecule has 3 aromatic rings. The van der Waals surface area contributed by atoms with Crippen LogP contribution in [0, 0.1) is 5.41 Å². The topological polar surface area (TPSA) is 108 Å². The highest BCUT2D eigenvalue weighted by Gasteiger charge is 2.25. The van der Waals surface area contributed by atoms with Gasteiger partial charge in [0.1, 0.15) is 16.5 Å². The first-order valence-electron chi connectivity index (χ1n) is 8.53. The molecule has 0 bridgehead atoms. The minimum Gasteiger partial charge on any atom is -0.495 e. The van der Waals surface area contributed by atoms with Crippen LogP contribution in [-0.4, -0.2) is 28.0 Å². The lowest BCUT2D eigenvalue weighted by Crippen LogP contribution is -2.39. The summed E-state index contributed by atoms with van der Waals surface area (Å²) >= 11 is 3.29. The fourth-order valence-electron chi connectivity index (χ4n) is 3.01. The summed E-state index contributed by atoms with van der Waals surface area (Å²) in [4.78, 5) is 1.79. The lowest BCUT2D eigenvalue weighted by atomic mass is 10.2. The molecular weight excluding hydrogens is 460 g/mol. The van der Waals surface area contributed by atoms with Crippen LogP contribution in [0.2, 0.25) is 0 Å². The van der Waals surface area contributed by atoms with E-state index in [1.165, 1.54) is 19.4 Å². The molecule has 0 radical (unpaired) electrons. The van der Waals surface area contributed by atoms with Crippen LogP contribution >= 0.6 is 15.9 Å². The quantitative estimate of drug-likeness (QED) is 0.512. The van der Waals surface area contributed by atoms with Gasteiger partial charge in [0.05, 0.1) is 25.6 Å². The van der Waals surface area contributed by atoms with Gasteiger partial charge in [0.15, 0.2) is 0 Å². The highest BCUT2D eigenvalue weighted by molar-refractivity contribution is 9.10. The Morgan fingerprint density at radius 2 is 1.97 bits per heavy atom. The van der Waals surface area contributed by atoms with Gasteiger partial charge >= 0.3 is 0 Å². The first-order chi connectivity index (χ1) is 13.9. The summed E-state index contributed by atoms with van der Waals surface area (Å²) in [5.74, 6) is 1.12. The zero-order chi connectivity index (χ0) is 20.6. The average Bonchev–Trinajstić information content (AvgIpc) is 3.19. The minimum atomic E-state index is -3.85. The van der Waals surface area contributed by atoms with E-state index in [-0.39, 0.29) is 10.6 Å². The Kier molecular flexibility index (Phi) is 4.97. The molecule has 0 spiro atoms. The molecule has 4 rings (SSSR count). The van der Waals surface area contributed by atoms with Crippen molar-refractivity contribution in [3.8, 4) is 5.75 Å². The molecule has 0 amide bonds. The Hall–Kier alpha value is -2.98. The van der Waals surface area contributed by atoms with Crippen LogP contribution in [0.25, 0.3) is 0 Å². The molecule has 2 aromatic carbocycles. The third kappa shape index (κ3) is 3.68. The lowest BCUT2D eigenvalue weighted by Gasteiger charge is -2.29. The predicted molar refractivity (Wildman–Crippen MR) is 114 cm³/mol. The molecule has 8 nitrogen and oxygen atoms in total. The van der Waals surface area contributed by atoms with Crippen molar-refractivity contribution in [3.63, 3.8) is 0 Å². The monoisotopic (exact) mass is 476 g/mol. The molecule has 1 aliphatic heterocycles. The number of ether oxygens (including phenoxy) is 1. The van der Waals surface area contributed by atoms with Crippen LogP contribution in [0.5, 0.6) is 5.75 Å². The second-order valence-electron chi connectivity index (χ2n) is 6.22. The first-order valence-corrected chi connectivity index (χ1v) is 10.8. The molecule has 29 heavy (non-hydrogen) atoms. The van der Waals surface area contributed by atoms with Gasteiger partial charge in [-0.1, -0.05) is 15.9 Å². The molecule has 1 aliphatic rings. The van der Waals surface area contributed by atoms with Crippen molar-refractivity contribution in [3.05, 3.63) is 64.8 Å². The molecule has 0 saturated heterocycles. The summed E-state index contributed by atoms with van der Waals surface area (Å²) in [5, 5.41) is 11.5. The van der Waals surface area contributed by atoms with Gasteiger partial charge in [-0.25, -0.2) is 8.42 Å². The Morgan fingerprint density at radius 1 is 1.21 bits per heavy atom. The van der Waals surface area contributed by atoms with E-state index in [0.29, 0.717) is 34.1 Å². The summed E-state index contributed by atoms with van der Waals surface area (Å²) in [7, 11) is -2.42. The van der Waals surface area contributed by atoms with E-state index in [1.54, 1.807) is 47.4 Å². The second-order valence-corrected chi connectivity index (χ2v) is 8.79. The Balaban J connectivity index is 1.56. The molecule has 0 atom stereocenters. The number of methoxy groups -OCH3 is 1. The maximum atomic E-state index is 12.8. The van der Waals surface area contributed by atoms with Crippen LogP contribution in [-0.2, 0) is 10.0 Å². The van der Waals surface area contributed by atoms with Gasteiger partial charge < -0.3 is 19.4 Å². The summed E-state index contributed by atoms with van der Waals surface area (Å²) in [5.41, 5.74) is 1.82. The van der Waals surface area contributed by atoms with E-state index in [9.17, 15) is 8.42 Å². The summed E-state index contributed by atoms with van der Waals surface area (Å²) in [6, 6.07) is 13.3. The van der Waals surface area contributed by atoms with Crippen molar-refractivity contribution >= 4 is 49.0 Å². The van der Waals surface area contributed by atoms with Crippen molar-refractivity contribution in [2.45, 2.75) is 4.90 Å². The van der Waals surface area contributed by atoms with E-state index in [1.807, 2.05) is 0 Å². The number of furan rings is 1. The number of anilines is 3. The molecule has 2 heterocycles. The number of halogens is 1. The van der Waals surface area contributed by atoms with E-state index < -0.39 is 10.0 Å². The number of nitrogens with zero attached hydrogens (tertiary/aromatic N) is 1. The third-order valence-corrected chi connectivity index (χ3v) is 6.33. The van der Waals surface area contributed by atoms with Crippen molar-refractivity contribution < 1.29 is 17.6 Å². The molecule has 150 valence electrons. The molecule has 3 N–H and O–H groups in total. The number of amidine groups is 1. The zero-order valence-electron chi connectivity index (χ0n) is 15.3. The molecular formula is C19H17BrN4O4S. The number of rotatable bonds is 5. The molecule has 10 heteroatoms. The Bertz CT molecular complexity index is 1180. The Morgan fingerprint density at radius 3 is 2.69 bits per heavy atom. The molecule has 0 fully saturated rings. The normalized spacial score (nSPS) is 13.6. The first kappa shape index (κ1) is 19.3. The summed E-state index contributed by atoms with van der Waals surface area (Å²) in [6.07, 6.45) is 1.53. The predicted octanol–water partition coefficient (Wildman–Crippen LogP) is 4.07. The van der Waals surface area contributed by atoms with Gasteiger partial charge in [0.2, 0.25) is 5.88 Å². The van der Waals surface area contributed by atoms with Gasteiger partial charge in [-0.15, -0.1) is 0 Å². The molecule has 0 unspecified atom stereocenters. The summed E-state index contributed by atoms with van der Waals surface area (Å²) < 4.78 is 39.2. The van der Waals surface area contributed by atoms with Crippen molar-refractivity contribution in [1.82, 2.24) is 0 Å². The standard InChI is InChI=1S/C19H17BrN4O4S/c1-27-16-7-2-12(20)10-17(16)29(25,26)23-13-3-5-14(6-4-13)24-11-22-19-15(18(24)21)8-9-28-19/h2-10,21-23H,11H2,1H3. The maximum Gasteiger partial charge on any atom is 0.265 e. The van der Waals surface area contributed by atoms with E-state index in [4.69, 9.17) is 14.6 Å². The number of hydrogen-bond donors (Lipinski definition) is 3. The smallest absolute Gasteiger partial charge is 0.265 e. The van der Waals surface area contributed by atoms with E-state index >= 15 is 0 Å². The largest absolute Gasteiger partial charge is 0.495 e. The zero-order valence-corrected chi connectivity index (χ0v) is 17.7. The van der Waals surface area contributed by atoms with Crippen molar-refractivity contribution in [1.29, 1.82) is 5.41 Å². The van der Waals surface area contributed by atoms with Crippen molar-refractivity contribution in [2.75, 3.05) is 28.7 Å². The van der Waals surface area contributed by atoms with E-state index in [0.717, 1.165) is 5.69 Å². The lowest BCUT2D eigenvalue weighted by molar-refractivity contribution is 0.403. The third-order valence-electron chi connectivity index (χ3n) is 4.43. The number of hydrogen-bond acceptors (Lipinski definition) is 6. The number of sulfonamides is 1. The van der Waals surface area contributed by atoms with Gasteiger partial charge in [-0.05, 0) is 48.5 Å². The Labute approximate surface area is 176 Å². The molecule has 1 aromatic heterocycles. The molecule has 0 saturated carbocycles. The SMILES string of the molecule is COc1ccc(Br)cc1S(=O)(=O)Nc1ccc(N2CNc3occc3C2=N)cc1. The van der Waals surface area contributed by atoms with E-state index in [2.05, 4.69) is 26.0 Å². The summed E-state index contributed by atoms with van der Waals surface area (Å²) in [6.45, 7) is 0.375. The maximum absolute atomic E-state index is 12.8. The second kappa shape index (κ2) is 7.45.